The summed E-state index contributed by atoms with van der Waals surface area (Å²) in [5, 5.41) is 5.90. The number of hydrogen-bond acceptors (Lipinski definition) is 2. The Morgan fingerprint density at radius 2 is 2.06 bits per heavy atom. The normalized spacial score (nSPS) is 11.5. The maximum absolute atomic E-state index is 11.7. The van der Waals surface area contributed by atoms with Crippen LogP contribution in [0.15, 0.2) is 28.7 Å². The molecule has 0 bridgehead atoms. The molecule has 17 heavy (non-hydrogen) atoms. The summed E-state index contributed by atoms with van der Waals surface area (Å²) in [7, 11) is 1.84. The summed E-state index contributed by atoms with van der Waals surface area (Å²) >= 11 is 3.45. The predicted octanol–water partition coefficient (Wildman–Crippen LogP) is 2.34. The van der Waals surface area contributed by atoms with Gasteiger partial charge in [-0.15, -0.1) is 12.4 Å². The number of hydrogen-bond donors (Lipinski definition) is 2. The molecule has 5 heteroatoms. The van der Waals surface area contributed by atoms with E-state index >= 15 is 0 Å². The lowest BCUT2D eigenvalue weighted by Crippen LogP contribution is -2.33. The van der Waals surface area contributed by atoms with Gasteiger partial charge < -0.3 is 10.6 Å². The molecule has 96 valence electrons. The van der Waals surface area contributed by atoms with E-state index in [-0.39, 0.29) is 24.2 Å². The Labute approximate surface area is 117 Å². The van der Waals surface area contributed by atoms with E-state index in [1.807, 2.05) is 38.2 Å². The molecule has 1 atom stereocenters. The van der Waals surface area contributed by atoms with Gasteiger partial charge in [0.2, 0.25) is 5.91 Å². The van der Waals surface area contributed by atoms with Crippen molar-refractivity contribution in [3.05, 3.63) is 34.3 Å². The van der Waals surface area contributed by atoms with Crippen LogP contribution < -0.4 is 10.6 Å². The Kier molecular flexibility index (Phi) is 8.21. The van der Waals surface area contributed by atoms with Gasteiger partial charge in [0.25, 0.3) is 0 Å². The van der Waals surface area contributed by atoms with Gasteiger partial charge in [0, 0.05) is 23.5 Å². The van der Waals surface area contributed by atoms with Crippen molar-refractivity contribution in [1.82, 2.24) is 10.6 Å². The second-order valence-electron chi connectivity index (χ2n) is 3.77. The van der Waals surface area contributed by atoms with Crippen LogP contribution in [0.2, 0.25) is 0 Å². The molecule has 0 aromatic heterocycles. The van der Waals surface area contributed by atoms with Crippen LogP contribution in [0.5, 0.6) is 0 Å². The third-order valence-electron chi connectivity index (χ3n) is 2.37. The highest BCUT2D eigenvalue weighted by Gasteiger charge is 2.11. The molecular formula is C12H18BrClN2O. The zero-order chi connectivity index (χ0) is 12.0. The van der Waals surface area contributed by atoms with E-state index in [2.05, 4.69) is 26.6 Å². The number of nitrogens with one attached hydrogen (secondary N) is 2. The van der Waals surface area contributed by atoms with E-state index in [4.69, 9.17) is 0 Å². The molecule has 0 aliphatic carbocycles. The summed E-state index contributed by atoms with van der Waals surface area (Å²) in [6.45, 7) is 3.17. The van der Waals surface area contributed by atoms with Crippen molar-refractivity contribution in [2.45, 2.75) is 13.5 Å². The number of halogens is 2. The molecule has 0 radical (unpaired) electrons. The van der Waals surface area contributed by atoms with Gasteiger partial charge in [-0.3, -0.25) is 4.79 Å². The van der Waals surface area contributed by atoms with Gasteiger partial charge in [0.05, 0.1) is 0 Å². The lowest BCUT2D eigenvalue weighted by molar-refractivity contribution is -0.124. The lowest BCUT2D eigenvalue weighted by Gasteiger charge is -2.12. The van der Waals surface area contributed by atoms with E-state index < -0.39 is 0 Å². The first-order valence-corrected chi connectivity index (χ1v) is 6.10. The molecule has 3 nitrogen and oxygen atoms in total. The van der Waals surface area contributed by atoms with Crippen LogP contribution in [0.25, 0.3) is 0 Å². The second kappa shape index (κ2) is 8.50. The number of rotatable bonds is 5. The van der Waals surface area contributed by atoms with E-state index in [1.54, 1.807) is 0 Å². The van der Waals surface area contributed by atoms with Crippen LogP contribution in [-0.2, 0) is 11.3 Å². The SMILES string of the molecule is CNCC(C)C(=O)NCc1ccccc1Br.Cl. The first-order chi connectivity index (χ1) is 7.65. The Hall–Kier alpha value is -0.580. The van der Waals surface area contributed by atoms with Crippen molar-refractivity contribution < 1.29 is 4.79 Å². The third kappa shape index (κ3) is 5.52. The zero-order valence-electron chi connectivity index (χ0n) is 10.00. The van der Waals surface area contributed by atoms with Crippen LogP contribution in [0.4, 0.5) is 0 Å². The molecular weight excluding hydrogens is 304 g/mol. The third-order valence-corrected chi connectivity index (χ3v) is 3.14. The zero-order valence-corrected chi connectivity index (χ0v) is 12.4. The van der Waals surface area contributed by atoms with Crippen LogP contribution in [0, 0.1) is 5.92 Å². The monoisotopic (exact) mass is 320 g/mol. The molecule has 1 aromatic rings. The van der Waals surface area contributed by atoms with Crippen molar-refractivity contribution in [3.63, 3.8) is 0 Å². The summed E-state index contributed by atoms with van der Waals surface area (Å²) in [6.07, 6.45) is 0. The molecule has 0 saturated carbocycles. The van der Waals surface area contributed by atoms with Crippen molar-refractivity contribution in [1.29, 1.82) is 0 Å². The number of amides is 1. The molecule has 1 rings (SSSR count). The van der Waals surface area contributed by atoms with Gasteiger partial charge in [0.15, 0.2) is 0 Å². The van der Waals surface area contributed by atoms with Gasteiger partial charge in [-0.2, -0.15) is 0 Å². The summed E-state index contributed by atoms with van der Waals surface area (Å²) in [5.41, 5.74) is 1.09. The summed E-state index contributed by atoms with van der Waals surface area (Å²) < 4.78 is 1.02. The fourth-order valence-electron chi connectivity index (χ4n) is 1.40. The predicted molar refractivity (Wildman–Crippen MR) is 76.3 cm³/mol. The standard InChI is InChI=1S/C12H17BrN2O.ClH/c1-9(7-14-2)12(16)15-8-10-5-3-4-6-11(10)13;/h3-6,9,14H,7-8H2,1-2H3,(H,15,16);1H. The fourth-order valence-corrected chi connectivity index (χ4v) is 1.82. The molecule has 1 unspecified atom stereocenters. The molecule has 0 saturated heterocycles. The van der Waals surface area contributed by atoms with Crippen molar-refractivity contribution >= 4 is 34.2 Å². The molecule has 2 N–H and O–H groups in total. The highest BCUT2D eigenvalue weighted by atomic mass is 79.9. The lowest BCUT2D eigenvalue weighted by atomic mass is 10.1. The van der Waals surface area contributed by atoms with E-state index in [0.717, 1.165) is 10.0 Å². The van der Waals surface area contributed by atoms with E-state index in [0.29, 0.717) is 13.1 Å². The Morgan fingerprint density at radius 1 is 1.41 bits per heavy atom. The molecule has 0 spiro atoms. The highest BCUT2D eigenvalue weighted by molar-refractivity contribution is 9.10. The summed E-state index contributed by atoms with van der Waals surface area (Å²) in [4.78, 5) is 11.7. The van der Waals surface area contributed by atoms with Crippen LogP contribution >= 0.6 is 28.3 Å². The van der Waals surface area contributed by atoms with Crippen molar-refractivity contribution in [3.8, 4) is 0 Å². The Balaban J connectivity index is 0.00000256. The average molecular weight is 322 g/mol. The molecule has 0 aliphatic rings. The van der Waals surface area contributed by atoms with Crippen molar-refractivity contribution in [2.24, 2.45) is 5.92 Å². The number of carbonyl (C=O) groups excluding carboxylic acids is 1. The maximum atomic E-state index is 11.7. The molecule has 1 aromatic carbocycles. The topological polar surface area (TPSA) is 41.1 Å². The summed E-state index contributed by atoms with van der Waals surface area (Å²) in [6, 6.07) is 7.88. The number of carbonyl (C=O) groups is 1. The minimum atomic E-state index is -0.00696. The molecule has 1 amide bonds. The van der Waals surface area contributed by atoms with E-state index in [9.17, 15) is 4.79 Å². The fraction of sp³-hybridized carbons (Fsp3) is 0.417. The van der Waals surface area contributed by atoms with Crippen LogP contribution in [-0.4, -0.2) is 19.5 Å². The van der Waals surface area contributed by atoms with E-state index in [1.165, 1.54) is 0 Å². The smallest absolute Gasteiger partial charge is 0.224 e. The van der Waals surface area contributed by atoms with Gasteiger partial charge in [-0.05, 0) is 18.7 Å². The Bertz CT molecular complexity index is 360. The number of benzene rings is 1. The van der Waals surface area contributed by atoms with Gasteiger partial charge in [-0.1, -0.05) is 41.1 Å². The van der Waals surface area contributed by atoms with Crippen molar-refractivity contribution in [2.75, 3.05) is 13.6 Å². The largest absolute Gasteiger partial charge is 0.352 e. The molecule has 0 heterocycles. The Morgan fingerprint density at radius 3 is 2.65 bits per heavy atom. The first-order valence-electron chi connectivity index (χ1n) is 5.31. The van der Waals surface area contributed by atoms with Crippen LogP contribution in [0.1, 0.15) is 12.5 Å². The van der Waals surface area contributed by atoms with Gasteiger partial charge in [0.1, 0.15) is 0 Å². The highest BCUT2D eigenvalue weighted by Crippen LogP contribution is 2.15. The molecule has 0 fully saturated rings. The van der Waals surface area contributed by atoms with Gasteiger partial charge >= 0.3 is 0 Å². The minimum Gasteiger partial charge on any atom is -0.352 e. The molecule has 0 aliphatic heterocycles. The average Bonchev–Trinajstić information content (AvgIpc) is 2.28. The quantitative estimate of drug-likeness (QED) is 0.874. The maximum Gasteiger partial charge on any atom is 0.224 e. The first kappa shape index (κ1) is 16.4. The van der Waals surface area contributed by atoms with Crippen LogP contribution in [0.3, 0.4) is 0 Å². The summed E-state index contributed by atoms with van der Waals surface area (Å²) in [5.74, 6) is 0.0672. The second-order valence-corrected chi connectivity index (χ2v) is 4.62. The van der Waals surface area contributed by atoms with Gasteiger partial charge in [-0.25, -0.2) is 0 Å². The minimum absolute atomic E-state index is 0.